The van der Waals surface area contributed by atoms with Gasteiger partial charge in [-0.2, -0.15) is 11.8 Å². The van der Waals surface area contributed by atoms with Crippen molar-refractivity contribution in [2.75, 3.05) is 38.3 Å². The predicted molar refractivity (Wildman–Crippen MR) is 454 cm³/mol. The number of nitrogens with two attached hydrogens (primary N) is 2. The first-order chi connectivity index (χ1) is 58.3. The van der Waals surface area contributed by atoms with E-state index in [0.29, 0.717) is 28.0 Å². The molecule has 674 valence electrons. The van der Waals surface area contributed by atoms with E-state index in [1.807, 2.05) is 0 Å². The Morgan fingerprint density at radius 1 is 0.463 bits per heavy atom. The van der Waals surface area contributed by atoms with Crippen LogP contribution < -0.4 is 80.6 Å². The first-order valence-electron chi connectivity index (χ1n) is 40.8. The number of benzene rings is 4. The lowest BCUT2D eigenvalue weighted by molar-refractivity contribution is -0.145. The average Bonchev–Trinajstić information content (AvgIpc) is 1.78. The van der Waals surface area contributed by atoms with Gasteiger partial charge in [-0.3, -0.25) is 72.5 Å². The highest BCUT2D eigenvalue weighted by molar-refractivity contribution is 7.98. The number of carboxylic acids is 2. The van der Waals surface area contributed by atoms with Crippen molar-refractivity contribution >= 4 is 106 Å². The molecule has 38 nitrogen and oxygen atoms in total. The summed E-state index contributed by atoms with van der Waals surface area (Å²) in [6.07, 6.45) is -2.02. The monoisotopic (exact) mass is 1740 g/mol. The maximum Gasteiger partial charge on any atom is 0.328 e. The molecule has 123 heavy (non-hydrogen) atoms. The number of amides is 13. The fourth-order valence-electron chi connectivity index (χ4n) is 13.4. The first-order valence-corrected chi connectivity index (χ1v) is 42.2. The molecule has 0 aliphatic carbocycles. The molecule has 5 rings (SSSR count). The number of thioether (sulfide) groups is 1. The average molecular weight is 1740 g/mol. The Bertz CT molecular complexity index is 4190. The number of phenolic OH excluding ortho intramolecular Hbond substituents is 1. The van der Waals surface area contributed by atoms with E-state index < -0.39 is 217 Å². The van der Waals surface area contributed by atoms with Crippen LogP contribution in [0.4, 0.5) is 0 Å². The lowest BCUT2D eigenvalue weighted by Gasteiger charge is -2.32. The van der Waals surface area contributed by atoms with Crippen molar-refractivity contribution in [2.24, 2.45) is 29.2 Å². The van der Waals surface area contributed by atoms with Crippen molar-refractivity contribution in [3.8, 4) is 5.75 Å². The van der Waals surface area contributed by atoms with Gasteiger partial charge >= 0.3 is 11.9 Å². The molecule has 0 radical (unpaired) electrons. The molecule has 1 aliphatic rings. The summed E-state index contributed by atoms with van der Waals surface area (Å²) in [6.45, 7) is 9.49. The number of phenols is 1. The molecule has 1 aliphatic heterocycles. The van der Waals surface area contributed by atoms with E-state index >= 15 is 0 Å². The Kier molecular flexibility index (Phi) is 42.9. The number of hydrogen-bond donors (Lipinski definition) is 22. The maximum absolute atomic E-state index is 15.0. The van der Waals surface area contributed by atoms with Gasteiger partial charge in [0.2, 0.25) is 76.8 Å². The second-order valence-corrected chi connectivity index (χ2v) is 32.4. The molecular weight excluding hydrogens is 1620 g/mol. The Labute approximate surface area is 718 Å². The topological polar surface area (TPSA) is 613 Å². The Hall–Kier alpha value is -11.8. The van der Waals surface area contributed by atoms with Gasteiger partial charge in [0.25, 0.3) is 0 Å². The van der Waals surface area contributed by atoms with Crippen LogP contribution in [0.1, 0.15) is 129 Å². The summed E-state index contributed by atoms with van der Waals surface area (Å²) in [5, 5.41) is 102. The molecule has 39 heteroatoms. The van der Waals surface area contributed by atoms with Gasteiger partial charge in [-0.1, -0.05) is 145 Å². The summed E-state index contributed by atoms with van der Waals surface area (Å²) in [5.74, 6) is -16.5. The summed E-state index contributed by atoms with van der Waals surface area (Å²) in [4.78, 5) is 213. The third-order valence-electron chi connectivity index (χ3n) is 20.0. The number of carbonyl (C=O) groups is 15. The molecule has 1 fully saturated rings. The van der Waals surface area contributed by atoms with E-state index in [1.54, 1.807) is 139 Å². The molecular formula is C84H121N17O21S. The van der Waals surface area contributed by atoms with E-state index in [2.05, 4.69) is 69.1 Å². The maximum atomic E-state index is 15.0. The molecule has 0 aromatic heterocycles. The summed E-state index contributed by atoms with van der Waals surface area (Å²) in [6, 6.07) is 9.57. The minimum absolute atomic E-state index is 0.00824. The number of aromatic hydroxyl groups is 1. The predicted octanol–water partition coefficient (Wildman–Crippen LogP) is -2.12. The minimum Gasteiger partial charge on any atom is -0.508 e. The highest BCUT2D eigenvalue weighted by Gasteiger charge is 2.43. The van der Waals surface area contributed by atoms with E-state index in [9.17, 15) is 103 Å². The molecule has 0 bridgehead atoms. The lowest BCUT2D eigenvalue weighted by Crippen LogP contribution is -2.61. The van der Waals surface area contributed by atoms with E-state index in [-0.39, 0.29) is 101 Å². The second kappa shape index (κ2) is 51.8. The number of nitrogens with one attached hydrogen (secondary N) is 14. The third-order valence-corrected chi connectivity index (χ3v) is 20.7. The molecule has 0 unspecified atom stereocenters. The molecule has 1 heterocycles. The smallest absolute Gasteiger partial charge is 0.328 e. The Morgan fingerprint density at radius 2 is 0.846 bits per heavy atom. The van der Waals surface area contributed by atoms with Crippen LogP contribution in [-0.4, -0.2) is 259 Å². The van der Waals surface area contributed by atoms with E-state index in [4.69, 9.17) is 16.9 Å². The number of nitrogens with zero attached hydrogens (tertiary/aromatic N) is 1. The van der Waals surface area contributed by atoms with Crippen molar-refractivity contribution in [3.63, 3.8) is 0 Å². The molecule has 4 aromatic rings. The number of aliphatic hydroxyl groups excluding tert-OH is 3. The molecule has 1 saturated heterocycles. The number of aliphatic hydroxyl groups is 3. The summed E-state index contributed by atoms with van der Waals surface area (Å²) in [7, 11) is 0. The fourth-order valence-corrected chi connectivity index (χ4v) is 13.9. The zero-order valence-corrected chi connectivity index (χ0v) is 71.2. The van der Waals surface area contributed by atoms with Crippen LogP contribution in [0, 0.1) is 23.2 Å². The molecule has 24 N–H and O–H groups in total. The number of carbonyl (C=O) groups excluding carboxylic acids is 13. The molecule has 0 spiro atoms. The highest BCUT2D eigenvalue weighted by Crippen LogP contribution is 2.23. The van der Waals surface area contributed by atoms with Crippen LogP contribution in [-0.2, 0) is 97.6 Å². The van der Waals surface area contributed by atoms with Crippen LogP contribution >= 0.6 is 11.8 Å². The zero-order valence-electron chi connectivity index (χ0n) is 70.4. The van der Waals surface area contributed by atoms with Gasteiger partial charge in [0.15, 0.2) is 12.0 Å². The molecule has 0 saturated carbocycles. The van der Waals surface area contributed by atoms with Gasteiger partial charge in [-0.05, 0) is 122 Å². The SMILES string of the molecule is CSCC[C@H](NC(=O)[C@@H](NC(=O)[C@@H](N)CO)C(C)C)C(=O)N[C@@H](Cc1ccc(O)cc1)C(=O)N[C@@H](CCCNC(=N)N)C(=O)N[C@@H](CO)C(=O)N[C@@H](CC(C)C)C(=O)N1CCC[C@H]1C(=O)N[C@@H](CC(C)C)C(=O)N[C@@H](CCC(=O)O)C(=O)N[C@@H](Cc1ccccc1)C(=O)N[C@@H](Cc1ccccc1)C(=O)N[C@@H](Cc1ccccc1)C(=O)N[C@H](C(=O)O)[C@@H](C)O. The molecule has 15 atom stereocenters. The third kappa shape index (κ3) is 34.9. The van der Waals surface area contributed by atoms with Crippen molar-refractivity contribution in [1.82, 2.24) is 74.0 Å². The number of hydrogen-bond acceptors (Lipinski definition) is 22. The van der Waals surface area contributed by atoms with Crippen molar-refractivity contribution in [1.29, 1.82) is 5.41 Å². The quantitative estimate of drug-likeness (QED) is 0.0128. The van der Waals surface area contributed by atoms with Crippen molar-refractivity contribution < 1.29 is 103 Å². The van der Waals surface area contributed by atoms with Gasteiger partial charge in [-0.15, -0.1) is 0 Å². The van der Waals surface area contributed by atoms with Crippen LogP contribution in [0.15, 0.2) is 115 Å². The summed E-state index contributed by atoms with van der Waals surface area (Å²) in [5.41, 5.74) is 13.2. The van der Waals surface area contributed by atoms with Crippen LogP contribution in [0.2, 0.25) is 0 Å². The van der Waals surface area contributed by atoms with E-state index in [0.717, 1.165) is 6.92 Å². The number of likely N-dealkylation sites (tertiary alicyclic amines) is 1. The minimum atomic E-state index is -1.83. The van der Waals surface area contributed by atoms with Gasteiger partial charge in [0.1, 0.15) is 84.3 Å². The van der Waals surface area contributed by atoms with Crippen LogP contribution in [0.5, 0.6) is 5.75 Å². The standard InChI is InChI=1S/C84H121N17O21S/c1-46(2)38-59(74(112)90-57(32-33-67(106)107)72(110)92-60(40-50-20-12-9-13-21-50)76(114)94-61(41-51-22-14-10-15-23-51)77(115)95-63(42-52-24-16-11-17-25-52)78(116)100-69(49(7)104)83(121)122)96-80(118)66-27-19-36-101(66)82(120)64(39-47(3)4)97-79(117)65(45-103)98-71(109)56(26-18-35-88-84(86)87)89-75(113)62(43-53-28-30-54(105)31-29-53)93-73(111)58(34-37-123-8)91-81(119)68(48(5)6)99-70(108)55(85)44-102/h9-17,20-25,28-31,46-49,55-66,68-69,102-105H,18-19,26-27,32-45,85H2,1-8H3,(H,89,113)(H,90,112)(H,91,119)(H,92,110)(H,93,111)(H,94,114)(H,95,115)(H,96,118)(H,97,117)(H,98,109)(H,99,108)(H,100,116)(H,106,107)(H,121,122)(H4,86,87,88)/t49-,55+,56+,57+,58+,59+,60+,61+,62+,63+,64+,65+,66+,68+,69+/m1/s1. The number of aliphatic carboxylic acids is 2. The largest absolute Gasteiger partial charge is 0.508 e. The van der Waals surface area contributed by atoms with Gasteiger partial charge in [0.05, 0.1) is 19.3 Å². The Morgan fingerprint density at radius 3 is 1.26 bits per heavy atom. The molecule has 13 amide bonds. The highest BCUT2D eigenvalue weighted by atomic mass is 32.2. The lowest BCUT2D eigenvalue weighted by atomic mass is 10.00. The summed E-state index contributed by atoms with van der Waals surface area (Å²) < 4.78 is 0. The molecule has 4 aromatic carbocycles. The summed E-state index contributed by atoms with van der Waals surface area (Å²) >= 11 is 1.34. The zero-order chi connectivity index (χ0) is 91.2. The Balaban J connectivity index is 1.39. The van der Waals surface area contributed by atoms with Crippen LogP contribution in [0.3, 0.4) is 0 Å². The van der Waals surface area contributed by atoms with Crippen molar-refractivity contribution in [2.45, 2.75) is 223 Å². The second-order valence-electron chi connectivity index (χ2n) is 31.5. The fraction of sp³-hybridized carbons (Fsp3) is 0.524. The van der Waals surface area contributed by atoms with Crippen molar-refractivity contribution in [3.05, 3.63) is 138 Å². The first kappa shape index (κ1) is 102. The van der Waals surface area contributed by atoms with Gasteiger partial charge < -0.3 is 116 Å². The van der Waals surface area contributed by atoms with Gasteiger partial charge in [-0.25, -0.2) is 4.79 Å². The normalized spacial score (nSPS) is 15.9. The number of carboxylic acid groups (broad SMARTS) is 2. The van der Waals surface area contributed by atoms with Crippen LogP contribution in [0.25, 0.3) is 0 Å². The van der Waals surface area contributed by atoms with Gasteiger partial charge in [0, 0.05) is 45.2 Å². The number of guanidine groups is 1. The number of rotatable bonds is 52. The van der Waals surface area contributed by atoms with E-state index in [1.165, 1.54) is 40.9 Å².